The minimum absolute atomic E-state index is 0.163. The molecule has 1 amide bonds. The Bertz CT molecular complexity index is 897. The van der Waals surface area contributed by atoms with E-state index in [0.29, 0.717) is 32.0 Å². The van der Waals surface area contributed by atoms with Crippen LogP contribution in [0.3, 0.4) is 0 Å². The number of anilines is 1. The molecule has 0 unspecified atom stereocenters. The molecule has 0 saturated carbocycles. The van der Waals surface area contributed by atoms with Crippen molar-refractivity contribution in [2.45, 2.75) is 0 Å². The van der Waals surface area contributed by atoms with Crippen LogP contribution in [0.25, 0.3) is 6.08 Å². The first-order chi connectivity index (χ1) is 11.6. The molecule has 2 heterocycles. The number of thioether (sulfide) groups is 1. The highest BCUT2D eigenvalue weighted by Gasteiger charge is 2.34. The molecule has 0 radical (unpaired) electrons. The monoisotopic (exact) mass is 359 g/mol. The van der Waals surface area contributed by atoms with Gasteiger partial charge in [0.25, 0.3) is 5.91 Å². The number of hydrogen-bond donors (Lipinski definition) is 0. The molecule has 0 spiro atoms. The van der Waals surface area contributed by atoms with Crippen LogP contribution in [-0.4, -0.2) is 17.0 Å². The summed E-state index contributed by atoms with van der Waals surface area (Å²) in [6.07, 6.45) is 1.63. The third-order valence-corrected chi connectivity index (χ3v) is 4.86. The van der Waals surface area contributed by atoms with Crippen molar-refractivity contribution in [2.24, 2.45) is 0 Å². The first-order valence-electron chi connectivity index (χ1n) is 7.05. The molecule has 1 fully saturated rings. The van der Waals surface area contributed by atoms with Crippen molar-refractivity contribution >= 4 is 46.0 Å². The molecule has 2 aromatic carbocycles. The van der Waals surface area contributed by atoms with Gasteiger partial charge >= 0.3 is 0 Å². The van der Waals surface area contributed by atoms with Crippen molar-refractivity contribution in [3.8, 4) is 11.5 Å². The van der Waals surface area contributed by atoms with Crippen molar-refractivity contribution in [3.05, 3.63) is 58.8 Å². The maximum Gasteiger partial charge on any atom is 0.270 e. The Hall–Kier alpha value is -2.38. The van der Waals surface area contributed by atoms with Crippen LogP contribution in [0.2, 0.25) is 0 Å². The predicted octanol–water partition coefficient (Wildman–Crippen LogP) is 3.96. The first kappa shape index (κ1) is 15.2. The molecule has 2 aromatic rings. The number of rotatable bonds is 2. The zero-order valence-corrected chi connectivity index (χ0v) is 13.8. The van der Waals surface area contributed by atoms with Crippen LogP contribution in [0, 0.1) is 5.82 Å². The second-order valence-electron chi connectivity index (χ2n) is 5.11. The summed E-state index contributed by atoms with van der Waals surface area (Å²) in [5, 5.41) is 0. The van der Waals surface area contributed by atoms with E-state index in [1.54, 1.807) is 36.4 Å². The molecule has 0 aliphatic carbocycles. The maximum absolute atomic E-state index is 13.3. The summed E-state index contributed by atoms with van der Waals surface area (Å²) >= 11 is 6.51. The Labute approximate surface area is 146 Å². The van der Waals surface area contributed by atoms with Crippen LogP contribution in [0.1, 0.15) is 5.56 Å². The lowest BCUT2D eigenvalue weighted by Gasteiger charge is -2.14. The highest BCUT2D eigenvalue weighted by Crippen LogP contribution is 2.40. The van der Waals surface area contributed by atoms with Gasteiger partial charge in [-0.25, -0.2) is 4.39 Å². The van der Waals surface area contributed by atoms with E-state index in [1.165, 1.54) is 28.8 Å². The number of halogens is 1. The summed E-state index contributed by atoms with van der Waals surface area (Å²) in [4.78, 5) is 14.6. The number of carbonyl (C=O) groups excluding carboxylic acids is 1. The minimum atomic E-state index is -0.352. The molecule has 4 nitrogen and oxygen atoms in total. The number of nitrogens with zero attached hydrogens (tertiary/aromatic N) is 1. The third-order valence-electron chi connectivity index (χ3n) is 3.55. The van der Waals surface area contributed by atoms with E-state index in [-0.39, 0.29) is 18.5 Å². The number of ether oxygens (including phenoxy) is 2. The number of carbonyl (C=O) groups is 1. The fourth-order valence-electron chi connectivity index (χ4n) is 2.46. The summed E-state index contributed by atoms with van der Waals surface area (Å²) in [6.45, 7) is 0.163. The zero-order valence-electron chi connectivity index (χ0n) is 12.2. The summed E-state index contributed by atoms with van der Waals surface area (Å²) < 4.78 is 24.3. The number of benzene rings is 2. The minimum Gasteiger partial charge on any atom is -0.454 e. The standard InChI is InChI=1S/C17H10FNO3S2/c18-11-3-1-2-10(6-11)7-15-16(20)19(17(23)24-15)12-4-5-13-14(8-12)22-9-21-13/h1-8H,9H2/b15-7+. The van der Waals surface area contributed by atoms with Gasteiger partial charge in [-0.05, 0) is 35.9 Å². The van der Waals surface area contributed by atoms with Gasteiger partial charge in [0, 0.05) is 6.07 Å². The van der Waals surface area contributed by atoms with Crippen LogP contribution in [0.4, 0.5) is 10.1 Å². The molecule has 0 atom stereocenters. The van der Waals surface area contributed by atoms with Gasteiger partial charge in [0.2, 0.25) is 6.79 Å². The maximum atomic E-state index is 13.3. The van der Waals surface area contributed by atoms with Crippen LogP contribution in [-0.2, 0) is 4.79 Å². The Morgan fingerprint density at radius 3 is 2.83 bits per heavy atom. The van der Waals surface area contributed by atoms with E-state index in [9.17, 15) is 9.18 Å². The van der Waals surface area contributed by atoms with E-state index in [1.807, 2.05) is 0 Å². The zero-order chi connectivity index (χ0) is 16.7. The molecule has 4 rings (SSSR count). The number of thiocarbonyl (C=S) groups is 1. The number of amides is 1. The van der Waals surface area contributed by atoms with Crippen LogP contribution in [0.15, 0.2) is 47.4 Å². The van der Waals surface area contributed by atoms with Crippen molar-refractivity contribution in [1.82, 2.24) is 0 Å². The van der Waals surface area contributed by atoms with Gasteiger partial charge in [-0.1, -0.05) is 36.1 Å². The van der Waals surface area contributed by atoms with Crippen molar-refractivity contribution in [1.29, 1.82) is 0 Å². The van der Waals surface area contributed by atoms with Gasteiger partial charge in [-0.15, -0.1) is 0 Å². The third kappa shape index (κ3) is 2.65. The first-order valence-corrected chi connectivity index (χ1v) is 8.27. The predicted molar refractivity (Wildman–Crippen MR) is 94.6 cm³/mol. The molecule has 24 heavy (non-hydrogen) atoms. The lowest BCUT2D eigenvalue weighted by Crippen LogP contribution is -2.27. The average Bonchev–Trinajstić information content (AvgIpc) is 3.12. The molecule has 1 saturated heterocycles. The van der Waals surface area contributed by atoms with E-state index in [2.05, 4.69) is 0 Å². The average molecular weight is 359 g/mol. The summed E-state index contributed by atoms with van der Waals surface area (Å²) in [5.74, 6) is 0.623. The molecule has 7 heteroatoms. The second-order valence-corrected chi connectivity index (χ2v) is 6.79. The second kappa shape index (κ2) is 5.92. The number of hydrogen-bond acceptors (Lipinski definition) is 5. The van der Waals surface area contributed by atoms with Gasteiger partial charge in [-0.3, -0.25) is 9.69 Å². The fourth-order valence-corrected chi connectivity index (χ4v) is 3.76. The summed E-state index contributed by atoms with van der Waals surface area (Å²) in [7, 11) is 0. The van der Waals surface area contributed by atoms with Crippen LogP contribution >= 0.6 is 24.0 Å². The Kier molecular flexibility index (Phi) is 3.74. The lowest BCUT2D eigenvalue weighted by molar-refractivity contribution is -0.113. The normalized spacial score (nSPS) is 17.9. The summed E-state index contributed by atoms with van der Waals surface area (Å²) in [6, 6.07) is 11.3. The highest BCUT2D eigenvalue weighted by molar-refractivity contribution is 8.27. The molecular formula is C17H10FNO3S2. The molecule has 2 aliphatic rings. The summed E-state index contributed by atoms with van der Waals surface area (Å²) in [5.41, 5.74) is 1.23. The Balaban J connectivity index is 1.66. The molecule has 0 aromatic heterocycles. The van der Waals surface area contributed by atoms with Gasteiger partial charge in [0.15, 0.2) is 15.8 Å². The van der Waals surface area contributed by atoms with E-state index in [4.69, 9.17) is 21.7 Å². The van der Waals surface area contributed by atoms with Crippen molar-refractivity contribution in [2.75, 3.05) is 11.7 Å². The van der Waals surface area contributed by atoms with E-state index in [0.717, 1.165) is 0 Å². The number of fused-ring (bicyclic) bond motifs is 1. The fraction of sp³-hybridized carbons (Fsp3) is 0.0588. The van der Waals surface area contributed by atoms with Gasteiger partial charge in [0.05, 0.1) is 10.6 Å². The van der Waals surface area contributed by atoms with Gasteiger partial charge < -0.3 is 9.47 Å². The van der Waals surface area contributed by atoms with Crippen molar-refractivity contribution in [3.63, 3.8) is 0 Å². The molecular weight excluding hydrogens is 349 g/mol. The molecule has 0 bridgehead atoms. The quantitative estimate of drug-likeness (QED) is 0.599. The highest BCUT2D eigenvalue weighted by atomic mass is 32.2. The van der Waals surface area contributed by atoms with Gasteiger partial charge in [-0.2, -0.15) is 0 Å². The van der Waals surface area contributed by atoms with Crippen LogP contribution < -0.4 is 14.4 Å². The largest absolute Gasteiger partial charge is 0.454 e. The van der Waals surface area contributed by atoms with Crippen LogP contribution in [0.5, 0.6) is 11.5 Å². The van der Waals surface area contributed by atoms with E-state index >= 15 is 0 Å². The smallest absolute Gasteiger partial charge is 0.270 e. The molecule has 2 aliphatic heterocycles. The van der Waals surface area contributed by atoms with Crippen molar-refractivity contribution < 1.29 is 18.7 Å². The topological polar surface area (TPSA) is 38.8 Å². The lowest BCUT2D eigenvalue weighted by atomic mass is 10.2. The van der Waals surface area contributed by atoms with E-state index < -0.39 is 0 Å². The SMILES string of the molecule is O=C1/C(=C\c2cccc(F)c2)SC(=S)N1c1ccc2c(c1)OCO2. The molecule has 120 valence electrons. The Morgan fingerprint density at radius 2 is 2.00 bits per heavy atom. The molecule has 0 N–H and O–H groups in total. The van der Waals surface area contributed by atoms with Gasteiger partial charge in [0.1, 0.15) is 5.82 Å². The Morgan fingerprint density at radius 1 is 1.17 bits per heavy atom.